The number of hydrogen-bond donors (Lipinski definition) is 2. The molecule has 0 radical (unpaired) electrons. The van der Waals surface area contributed by atoms with E-state index in [2.05, 4.69) is 5.32 Å². The van der Waals surface area contributed by atoms with E-state index in [1.54, 1.807) is 0 Å². The van der Waals surface area contributed by atoms with Gasteiger partial charge < -0.3 is 15.8 Å². The minimum absolute atomic E-state index is 0.518. The summed E-state index contributed by atoms with van der Waals surface area (Å²) in [6.07, 6.45) is 0. The molecule has 0 bridgehead atoms. The first kappa shape index (κ1) is 9.81. The number of nitrogens with two attached hydrogens (primary N) is 1. The molecule has 0 rings (SSSR count). The lowest BCUT2D eigenvalue weighted by atomic mass is 10.6. The SMILES string of the molecule is CCNCC(=S)OCCN. The van der Waals surface area contributed by atoms with Gasteiger partial charge in [0.1, 0.15) is 6.61 Å². The van der Waals surface area contributed by atoms with Crippen molar-refractivity contribution in [2.45, 2.75) is 6.92 Å². The predicted octanol–water partition coefficient (Wildman–Crippen LogP) is -0.101. The Bertz CT molecular complexity index is 87.7. The molecule has 0 aliphatic carbocycles. The van der Waals surface area contributed by atoms with Crippen molar-refractivity contribution in [3.05, 3.63) is 0 Å². The van der Waals surface area contributed by atoms with E-state index in [0.29, 0.717) is 24.7 Å². The van der Waals surface area contributed by atoms with E-state index in [9.17, 15) is 0 Å². The zero-order valence-corrected chi connectivity index (χ0v) is 7.04. The molecule has 4 heteroatoms. The minimum atomic E-state index is 0.518. The van der Waals surface area contributed by atoms with Gasteiger partial charge in [-0.25, -0.2) is 0 Å². The fourth-order valence-electron chi connectivity index (χ4n) is 0.451. The minimum Gasteiger partial charge on any atom is -0.484 e. The van der Waals surface area contributed by atoms with Crippen LogP contribution in [0.4, 0.5) is 0 Å². The number of thiocarbonyl (C=S) groups is 1. The van der Waals surface area contributed by atoms with Gasteiger partial charge in [0.25, 0.3) is 0 Å². The molecule has 0 aliphatic heterocycles. The lowest BCUT2D eigenvalue weighted by Gasteiger charge is -2.05. The van der Waals surface area contributed by atoms with Crippen molar-refractivity contribution in [3.63, 3.8) is 0 Å². The molecule has 0 saturated carbocycles. The third-order valence-electron chi connectivity index (χ3n) is 0.900. The first-order valence-corrected chi connectivity index (χ1v) is 3.78. The third-order valence-corrected chi connectivity index (χ3v) is 1.16. The molecule has 0 aromatic heterocycles. The van der Waals surface area contributed by atoms with Crippen LogP contribution >= 0.6 is 12.2 Å². The van der Waals surface area contributed by atoms with Crippen LogP contribution in [0.1, 0.15) is 6.92 Å². The van der Waals surface area contributed by atoms with Crippen molar-refractivity contribution in [1.29, 1.82) is 0 Å². The van der Waals surface area contributed by atoms with Gasteiger partial charge in [0.05, 0.1) is 6.54 Å². The Morgan fingerprint density at radius 2 is 2.40 bits per heavy atom. The maximum Gasteiger partial charge on any atom is 0.173 e. The Balaban J connectivity index is 3.09. The Morgan fingerprint density at radius 1 is 1.70 bits per heavy atom. The molecule has 0 aromatic carbocycles. The van der Waals surface area contributed by atoms with Crippen LogP contribution in [0.25, 0.3) is 0 Å². The van der Waals surface area contributed by atoms with Crippen molar-refractivity contribution in [3.8, 4) is 0 Å². The molecule has 3 N–H and O–H groups in total. The standard InChI is InChI=1S/C6H14N2OS/c1-2-8-5-6(10)9-4-3-7/h8H,2-5,7H2,1H3. The second kappa shape index (κ2) is 6.92. The van der Waals surface area contributed by atoms with E-state index in [-0.39, 0.29) is 0 Å². The Morgan fingerprint density at radius 3 is 2.90 bits per heavy atom. The van der Waals surface area contributed by atoms with Gasteiger partial charge in [0.15, 0.2) is 5.05 Å². The smallest absolute Gasteiger partial charge is 0.173 e. The molecular formula is C6H14N2OS. The number of hydrogen-bond acceptors (Lipinski definition) is 4. The molecule has 0 amide bonds. The van der Waals surface area contributed by atoms with Gasteiger partial charge in [-0.3, -0.25) is 0 Å². The van der Waals surface area contributed by atoms with Crippen LogP contribution in [-0.2, 0) is 4.74 Å². The van der Waals surface area contributed by atoms with Crippen molar-refractivity contribution >= 4 is 17.3 Å². The summed E-state index contributed by atoms with van der Waals surface area (Å²) in [5.41, 5.74) is 5.20. The van der Waals surface area contributed by atoms with Gasteiger partial charge >= 0.3 is 0 Å². The Labute approximate surface area is 66.9 Å². The van der Waals surface area contributed by atoms with Gasteiger partial charge in [0, 0.05) is 6.54 Å². The van der Waals surface area contributed by atoms with E-state index in [1.807, 2.05) is 6.92 Å². The van der Waals surface area contributed by atoms with Gasteiger partial charge in [-0.2, -0.15) is 0 Å². The molecule has 0 unspecified atom stereocenters. The van der Waals surface area contributed by atoms with Gasteiger partial charge in [-0.05, 0) is 18.8 Å². The van der Waals surface area contributed by atoms with Crippen molar-refractivity contribution in [1.82, 2.24) is 5.32 Å². The first-order valence-electron chi connectivity index (χ1n) is 3.37. The van der Waals surface area contributed by atoms with Crippen molar-refractivity contribution < 1.29 is 4.74 Å². The van der Waals surface area contributed by atoms with Gasteiger partial charge in [-0.1, -0.05) is 6.92 Å². The van der Waals surface area contributed by atoms with E-state index < -0.39 is 0 Å². The maximum absolute atomic E-state index is 5.20. The molecule has 0 spiro atoms. The lowest BCUT2D eigenvalue weighted by molar-refractivity contribution is 0.316. The predicted molar refractivity (Wildman–Crippen MR) is 46.1 cm³/mol. The molecular weight excluding hydrogens is 148 g/mol. The molecule has 0 heterocycles. The van der Waals surface area contributed by atoms with E-state index >= 15 is 0 Å². The monoisotopic (exact) mass is 162 g/mol. The normalized spacial score (nSPS) is 9.40. The summed E-state index contributed by atoms with van der Waals surface area (Å²) >= 11 is 4.84. The quantitative estimate of drug-likeness (QED) is 0.554. The molecule has 0 atom stereocenters. The molecule has 3 nitrogen and oxygen atoms in total. The first-order chi connectivity index (χ1) is 4.81. The van der Waals surface area contributed by atoms with Gasteiger partial charge in [-0.15, -0.1) is 0 Å². The zero-order chi connectivity index (χ0) is 7.82. The molecule has 0 saturated heterocycles. The molecule has 0 fully saturated rings. The van der Waals surface area contributed by atoms with E-state index in [0.717, 1.165) is 6.54 Å². The summed E-state index contributed by atoms with van der Waals surface area (Å²) in [7, 11) is 0. The number of likely N-dealkylation sites (N-methyl/N-ethyl adjacent to an activating group) is 1. The summed E-state index contributed by atoms with van der Waals surface area (Å²) < 4.78 is 5.04. The van der Waals surface area contributed by atoms with E-state index in [1.165, 1.54) is 0 Å². The van der Waals surface area contributed by atoms with Crippen LogP contribution in [0, 0.1) is 0 Å². The number of nitrogens with one attached hydrogen (secondary N) is 1. The average Bonchev–Trinajstić information content (AvgIpc) is 1.97. The zero-order valence-electron chi connectivity index (χ0n) is 6.22. The second-order valence-corrected chi connectivity index (χ2v) is 2.24. The number of ether oxygens (including phenoxy) is 1. The highest BCUT2D eigenvalue weighted by atomic mass is 32.1. The molecule has 0 aromatic rings. The van der Waals surface area contributed by atoms with Gasteiger partial charge in [0.2, 0.25) is 0 Å². The van der Waals surface area contributed by atoms with Crippen molar-refractivity contribution in [2.24, 2.45) is 5.73 Å². The van der Waals surface area contributed by atoms with Crippen LogP contribution in [-0.4, -0.2) is 31.3 Å². The highest BCUT2D eigenvalue weighted by Gasteiger charge is 1.93. The van der Waals surface area contributed by atoms with Crippen molar-refractivity contribution in [2.75, 3.05) is 26.2 Å². The second-order valence-electron chi connectivity index (χ2n) is 1.79. The van der Waals surface area contributed by atoms with Crippen LogP contribution in [0.2, 0.25) is 0 Å². The Kier molecular flexibility index (Phi) is 6.79. The molecule has 60 valence electrons. The highest BCUT2D eigenvalue weighted by Crippen LogP contribution is 1.78. The average molecular weight is 162 g/mol. The summed E-state index contributed by atoms with van der Waals surface area (Å²) in [5, 5.41) is 3.64. The molecule has 10 heavy (non-hydrogen) atoms. The fraction of sp³-hybridized carbons (Fsp3) is 0.833. The van der Waals surface area contributed by atoms with Crippen LogP contribution in [0.3, 0.4) is 0 Å². The summed E-state index contributed by atoms with van der Waals surface area (Å²) in [4.78, 5) is 0. The summed E-state index contributed by atoms with van der Waals surface area (Å²) in [6.45, 7) is 4.61. The molecule has 0 aliphatic rings. The fourth-order valence-corrected chi connectivity index (χ4v) is 0.636. The number of rotatable bonds is 5. The topological polar surface area (TPSA) is 47.3 Å². The lowest BCUT2D eigenvalue weighted by Crippen LogP contribution is -2.24. The summed E-state index contributed by atoms with van der Waals surface area (Å²) in [6, 6.07) is 0. The maximum atomic E-state index is 5.20. The van der Waals surface area contributed by atoms with Crippen LogP contribution in [0.5, 0.6) is 0 Å². The summed E-state index contributed by atoms with van der Waals surface area (Å²) in [5.74, 6) is 0. The van der Waals surface area contributed by atoms with E-state index in [4.69, 9.17) is 22.7 Å². The van der Waals surface area contributed by atoms with Crippen LogP contribution in [0.15, 0.2) is 0 Å². The van der Waals surface area contributed by atoms with Crippen LogP contribution < -0.4 is 11.1 Å². The highest BCUT2D eigenvalue weighted by molar-refractivity contribution is 7.80. The Hall–Kier alpha value is -0.190. The third kappa shape index (κ3) is 5.94. The largest absolute Gasteiger partial charge is 0.484 e.